The number of benzene rings is 2. The van der Waals surface area contributed by atoms with Crippen LogP contribution in [-0.4, -0.2) is 47.7 Å². The maximum absolute atomic E-state index is 13.2. The summed E-state index contributed by atoms with van der Waals surface area (Å²) in [4.78, 5) is 23.5. The number of carbonyl (C=O) groups excluding carboxylic acids is 1. The molecule has 166 valence electrons. The Bertz CT molecular complexity index is 986. The van der Waals surface area contributed by atoms with Crippen LogP contribution in [0.3, 0.4) is 0 Å². The largest absolute Gasteiger partial charge is 0.302 e. The summed E-state index contributed by atoms with van der Waals surface area (Å²) in [5.41, 5.74) is 2.26. The van der Waals surface area contributed by atoms with Gasteiger partial charge in [-0.2, -0.15) is 0 Å². The van der Waals surface area contributed by atoms with Crippen LogP contribution in [0.5, 0.6) is 0 Å². The van der Waals surface area contributed by atoms with Crippen LogP contribution in [0.15, 0.2) is 47.4 Å². The lowest BCUT2D eigenvalue weighted by molar-refractivity contribution is -0.118. The number of likely N-dealkylation sites (N-methyl/N-ethyl adjacent to an activating group) is 1. The second-order valence-electron chi connectivity index (χ2n) is 7.24. The summed E-state index contributed by atoms with van der Waals surface area (Å²) in [5.74, 6) is 0.860. The van der Waals surface area contributed by atoms with E-state index in [1.807, 2.05) is 29.2 Å². The second-order valence-corrected chi connectivity index (χ2v) is 9.85. The topological polar surface area (TPSA) is 36.4 Å². The molecule has 3 aromatic rings. The normalized spacial score (nSPS) is 11.4. The van der Waals surface area contributed by atoms with E-state index in [1.165, 1.54) is 5.56 Å². The monoisotopic (exact) mass is 475 g/mol. The molecule has 0 saturated carbocycles. The van der Waals surface area contributed by atoms with Crippen molar-refractivity contribution in [1.82, 2.24) is 9.88 Å². The van der Waals surface area contributed by atoms with Gasteiger partial charge in [0.05, 0.1) is 10.2 Å². The molecule has 3 rings (SSSR count). The van der Waals surface area contributed by atoms with E-state index in [4.69, 9.17) is 16.6 Å². The third kappa shape index (κ3) is 6.45. The maximum atomic E-state index is 13.2. The van der Waals surface area contributed by atoms with Gasteiger partial charge in [0.2, 0.25) is 5.91 Å². The van der Waals surface area contributed by atoms with E-state index >= 15 is 0 Å². The number of fused-ring (bicyclic) bond motifs is 1. The first-order valence-electron chi connectivity index (χ1n) is 10.8. The van der Waals surface area contributed by atoms with Crippen LogP contribution in [0.1, 0.15) is 32.8 Å². The molecule has 0 fully saturated rings. The predicted molar refractivity (Wildman–Crippen MR) is 136 cm³/mol. The quantitative estimate of drug-likeness (QED) is 0.302. The third-order valence-corrected chi connectivity index (χ3v) is 7.65. The van der Waals surface area contributed by atoms with Gasteiger partial charge in [-0.25, -0.2) is 4.98 Å². The molecule has 0 bridgehead atoms. The number of thioether (sulfide) groups is 1. The minimum Gasteiger partial charge on any atom is -0.302 e. The molecule has 1 heterocycles. The molecule has 0 aliphatic rings. The van der Waals surface area contributed by atoms with E-state index < -0.39 is 0 Å². The Morgan fingerprint density at radius 1 is 1.06 bits per heavy atom. The lowest BCUT2D eigenvalue weighted by Crippen LogP contribution is -2.39. The van der Waals surface area contributed by atoms with Gasteiger partial charge >= 0.3 is 0 Å². The molecule has 0 spiro atoms. The lowest BCUT2D eigenvalue weighted by atomic mass is 10.1. The van der Waals surface area contributed by atoms with Gasteiger partial charge in [-0.15, -0.1) is 11.8 Å². The zero-order valence-corrected chi connectivity index (χ0v) is 20.8. The zero-order chi connectivity index (χ0) is 22.2. The molecule has 7 heteroatoms. The number of carbonyl (C=O) groups is 1. The van der Waals surface area contributed by atoms with E-state index in [2.05, 4.69) is 43.9 Å². The Balaban J connectivity index is 1.75. The number of nitrogens with zero attached hydrogens (tertiary/aromatic N) is 3. The maximum Gasteiger partial charge on any atom is 0.229 e. The molecule has 31 heavy (non-hydrogen) atoms. The molecule has 0 aliphatic carbocycles. The van der Waals surface area contributed by atoms with E-state index in [0.717, 1.165) is 57.1 Å². The van der Waals surface area contributed by atoms with Crippen LogP contribution in [0.2, 0.25) is 5.02 Å². The van der Waals surface area contributed by atoms with Gasteiger partial charge in [0.15, 0.2) is 5.13 Å². The number of amides is 1. The van der Waals surface area contributed by atoms with Gasteiger partial charge < -0.3 is 4.90 Å². The number of anilines is 1. The Morgan fingerprint density at radius 2 is 1.81 bits per heavy atom. The average Bonchev–Trinajstić information content (AvgIpc) is 3.22. The lowest BCUT2D eigenvalue weighted by Gasteiger charge is -2.24. The number of hydrogen-bond acceptors (Lipinski definition) is 5. The van der Waals surface area contributed by atoms with Gasteiger partial charge in [-0.1, -0.05) is 55.8 Å². The summed E-state index contributed by atoms with van der Waals surface area (Å²) < 4.78 is 1.14. The van der Waals surface area contributed by atoms with Crippen LogP contribution in [0.4, 0.5) is 5.13 Å². The molecular weight excluding hydrogens is 446 g/mol. The van der Waals surface area contributed by atoms with Crippen LogP contribution in [0, 0.1) is 0 Å². The summed E-state index contributed by atoms with van der Waals surface area (Å²) in [6.07, 6.45) is 1.41. The highest BCUT2D eigenvalue weighted by molar-refractivity contribution is 7.99. The van der Waals surface area contributed by atoms with E-state index in [9.17, 15) is 4.79 Å². The number of aryl methyl sites for hydroxylation is 1. The summed E-state index contributed by atoms with van der Waals surface area (Å²) in [6.45, 7) is 9.92. The Hall–Kier alpha value is -1.60. The van der Waals surface area contributed by atoms with Crippen molar-refractivity contribution < 1.29 is 4.79 Å². The Kier molecular flexibility index (Phi) is 9.20. The van der Waals surface area contributed by atoms with Gasteiger partial charge in [0.25, 0.3) is 0 Å². The molecule has 1 amide bonds. The first kappa shape index (κ1) is 24.1. The molecule has 1 aromatic heterocycles. The van der Waals surface area contributed by atoms with Crippen molar-refractivity contribution >= 4 is 56.0 Å². The average molecular weight is 476 g/mol. The van der Waals surface area contributed by atoms with E-state index in [1.54, 1.807) is 23.1 Å². The summed E-state index contributed by atoms with van der Waals surface area (Å²) >= 11 is 9.26. The first-order chi connectivity index (χ1) is 15.0. The molecule has 0 atom stereocenters. The number of hydrogen-bond donors (Lipinski definition) is 0. The smallest absolute Gasteiger partial charge is 0.229 e. The third-order valence-electron chi connectivity index (χ3n) is 5.34. The van der Waals surface area contributed by atoms with Crippen molar-refractivity contribution in [2.75, 3.05) is 36.8 Å². The molecule has 0 aliphatic heterocycles. The number of halogens is 1. The molecule has 0 radical (unpaired) electrons. The Labute approximate surface area is 198 Å². The van der Waals surface area contributed by atoms with E-state index in [-0.39, 0.29) is 5.91 Å². The summed E-state index contributed by atoms with van der Waals surface area (Å²) in [6, 6.07) is 14.1. The predicted octanol–water partition coefficient (Wildman–Crippen LogP) is 6.37. The van der Waals surface area contributed by atoms with Crippen LogP contribution in [-0.2, 0) is 11.2 Å². The minimum atomic E-state index is 0.130. The van der Waals surface area contributed by atoms with Crippen molar-refractivity contribution in [3.63, 3.8) is 0 Å². The van der Waals surface area contributed by atoms with Crippen LogP contribution in [0.25, 0.3) is 10.2 Å². The molecule has 4 nitrogen and oxygen atoms in total. The summed E-state index contributed by atoms with van der Waals surface area (Å²) in [5, 5.41) is 1.54. The molecule has 2 aromatic carbocycles. The number of para-hydroxylation sites is 1. The van der Waals surface area contributed by atoms with Crippen molar-refractivity contribution in [2.24, 2.45) is 0 Å². The number of aromatic nitrogens is 1. The fraction of sp³-hybridized carbons (Fsp3) is 0.417. The van der Waals surface area contributed by atoms with Crippen LogP contribution < -0.4 is 4.90 Å². The van der Waals surface area contributed by atoms with Gasteiger partial charge in [0.1, 0.15) is 0 Å². The first-order valence-corrected chi connectivity index (χ1v) is 13.0. The van der Waals surface area contributed by atoms with E-state index in [0.29, 0.717) is 13.0 Å². The van der Waals surface area contributed by atoms with Gasteiger partial charge in [0, 0.05) is 35.2 Å². The molecule has 0 N–H and O–H groups in total. The molecule has 0 unspecified atom stereocenters. The van der Waals surface area contributed by atoms with Crippen molar-refractivity contribution in [3.8, 4) is 0 Å². The highest BCUT2D eigenvalue weighted by atomic mass is 35.5. The number of rotatable bonds is 11. The molecular formula is C24H30ClN3OS2. The van der Waals surface area contributed by atoms with Crippen molar-refractivity contribution in [2.45, 2.75) is 38.5 Å². The standard InChI is InChI=1S/C24H30ClN3OS2/c1-4-18-8-7-9-21-23(18)26-24(31-21)28(16-15-27(5-2)6-3)22(29)14-17-30-20-12-10-19(25)11-13-20/h7-13H,4-6,14-17H2,1-3H3. The molecule has 0 saturated heterocycles. The fourth-order valence-corrected chi connectivity index (χ4v) is 5.45. The SMILES string of the molecule is CCc1cccc2sc(N(CCN(CC)CC)C(=O)CCSc3ccc(Cl)cc3)nc12. The van der Waals surface area contributed by atoms with Crippen molar-refractivity contribution in [1.29, 1.82) is 0 Å². The van der Waals surface area contributed by atoms with Gasteiger partial charge in [-0.3, -0.25) is 9.69 Å². The fourth-order valence-electron chi connectivity index (χ4n) is 3.42. The Morgan fingerprint density at radius 3 is 2.48 bits per heavy atom. The van der Waals surface area contributed by atoms with Crippen LogP contribution >= 0.6 is 34.7 Å². The summed E-state index contributed by atoms with van der Waals surface area (Å²) in [7, 11) is 0. The minimum absolute atomic E-state index is 0.130. The highest BCUT2D eigenvalue weighted by Gasteiger charge is 2.21. The number of thiazole rings is 1. The second kappa shape index (κ2) is 11.9. The highest BCUT2D eigenvalue weighted by Crippen LogP contribution is 2.32. The van der Waals surface area contributed by atoms with Gasteiger partial charge in [-0.05, 0) is 55.4 Å². The zero-order valence-electron chi connectivity index (χ0n) is 18.4. The van der Waals surface area contributed by atoms with Crippen molar-refractivity contribution in [3.05, 3.63) is 53.1 Å².